The second kappa shape index (κ2) is 9.17. The molecule has 0 saturated heterocycles. The maximum absolute atomic E-state index is 12.6. The second-order valence-electron chi connectivity index (χ2n) is 10.9. The van der Waals surface area contributed by atoms with E-state index >= 15 is 0 Å². The lowest BCUT2D eigenvalue weighted by molar-refractivity contribution is -0.684. The van der Waals surface area contributed by atoms with Gasteiger partial charge in [-0.1, -0.05) is 65.9 Å². The van der Waals surface area contributed by atoms with E-state index in [0.29, 0.717) is 6.61 Å². The molecule has 6 rings (SSSR count). The summed E-state index contributed by atoms with van der Waals surface area (Å²) in [6.45, 7) is 9.05. The van der Waals surface area contributed by atoms with E-state index in [4.69, 9.17) is 9.47 Å². The van der Waals surface area contributed by atoms with Crippen LogP contribution in [-0.2, 0) is 9.53 Å². The number of hydrogen-bond acceptors (Lipinski definition) is 5. The van der Waals surface area contributed by atoms with E-state index in [0.717, 1.165) is 49.8 Å². The van der Waals surface area contributed by atoms with Gasteiger partial charge >= 0.3 is 10.9 Å². The van der Waals surface area contributed by atoms with Crippen molar-refractivity contribution in [3.63, 3.8) is 0 Å². The van der Waals surface area contributed by atoms with Gasteiger partial charge in [0.05, 0.1) is 24.0 Å². The number of ether oxygens (including phenoxy) is 2. The van der Waals surface area contributed by atoms with Crippen molar-refractivity contribution in [1.82, 2.24) is 4.40 Å². The summed E-state index contributed by atoms with van der Waals surface area (Å²) in [6.07, 6.45) is 0.216. The molecular weight excluding hydrogens is 494 g/mol. The number of thiazole rings is 1. The molecule has 0 fully saturated rings. The summed E-state index contributed by atoms with van der Waals surface area (Å²) in [7, 11) is 1.44. The summed E-state index contributed by atoms with van der Waals surface area (Å²) in [5.41, 5.74) is 4.12. The predicted molar refractivity (Wildman–Crippen MR) is 153 cm³/mol. The fourth-order valence-electron chi connectivity index (χ4n) is 5.37. The maximum atomic E-state index is 12.6. The Morgan fingerprint density at radius 3 is 2.47 bits per heavy atom. The Labute approximate surface area is 226 Å². The number of anilines is 1. The van der Waals surface area contributed by atoms with Crippen molar-refractivity contribution in [3.05, 3.63) is 71.6 Å². The van der Waals surface area contributed by atoms with Gasteiger partial charge in [-0.3, -0.25) is 4.79 Å². The first-order chi connectivity index (χ1) is 18.2. The van der Waals surface area contributed by atoms with Gasteiger partial charge in [0.25, 0.3) is 0 Å². The number of rotatable bonds is 4. The number of carbonyl (C=O) groups is 1. The highest BCUT2D eigenvalue weighted by Crippen LogP contribution is 2.44. The van der Waals surface area contributed by atoms with Crippen LogP contribution in [0, 0.1) is 6.92 Å². The molecule has 3 aromatic carbocycles. The summed E-state index contributed by atoms with van der Waals surface area (Å²) >= 11 is 1.74. The Hall–Kier alpha value is -3.84. The molecule has 6 nitrogen and oxygen atoms in total. The van der Waals surface area contributed by atoms with Gasteiger partial charge in [-0.25, -0.2) is 4.57 Å². The Morgan fingerprint density at radius 2 is 1.79 bits per heavy atom. The van der Waals surface area contributed by atoms with E-state index in [9.17, 15) is 4.79 Å². The lowest BCUT2D eigenvalue weighted by atomic mass is 10.0. The van der Waals surface area contributed by atoms with Crippen molar-refractivity contribution in [2.45, 2.75) is 45.7 Å². The topological polar surface area (TPSA) is 55.9 Å². The molecule has 3 heterocycles. The minimum absolute atomic E-state index is 0.214. The largest absolute Gasteiger partial charge is 0.488 e. The van der Waals surface area contributed by atoms with Crippen LogP contribution >= 0.6 is 11.3 Å². The molecule has 1 atom stereocenters. The number of hydrogen-bond donors (Lipinski definition) is 1. The van der Waals surface area contributed by atoms with Gasteiger partial charge in [0.1, 0.15) is 18.4 Å². The van der Waals surface area contributed by atoms with Crippen LogP contribution in [0.3, 0.4) is 0 Å². The predicted octanol–water partition coefficient (Wildman–Crippen LogP) is 6.79. The molecule has 0 spiro atoms. The second-order valence-corrected chi connectivity index (χ2v) is 12.1. The molecule has 1 N–H and O–H groups in total. The number of aryl methyl sites for hydroxylation is 1. The van der Waals surface area contributed by atoms with Crippen LogP contribution in [0.2, 0.25) is 0 Å². The molecule has 38 heavy (non-hydrogen) atoms. The molecule has 0 aliphatic carbocycles. The van der Waals surface area contributed by atoms with Crippen molar-refractivity contribution in [1.29, 1.82) is 0 Å². The standard InChI is InChI=1S/C31H32N3O3S/c1-19-27(20-11-7-6-8-12-20)34-29(32-31(2,3)4)28-24-15-21-13-9-10-14-22(21)16-25(24)37-18-23(17-26(35)36-5)33(28)30(34)38-19/h6-16,23,32H,17-18H2,1-5H3/q+1. The minimum Gasteiger partial charge on any atom is -0.488 e. The molecule has 0 radical (unpaired) electrons. The van der Waals surface area contributed by atoms with Crippen LogP contribution in [0.15, 0.2) is 66.7 Å². The third kappa shape index (κ3) is 4.11. The quantitative estimate of drug-likeness (QED) is 0.207. The van der Waals surface area contributed by atoms with Gasteiger partial charge in [-0.05, 0) is 50.6 Å². The third-order valence-corrected chi connectivity index (χ3v) is 8.02. The summed E-state index contributed by atoms with van der Waals surface area (Å²) in [5, 5.41) is 6.10. The van der Waals surface area contributed by atoms with Crippen LogP contribution in [0.25, 0.3) is 38.2 Å². The van der Waals surface area contributed by atoms with E-state index in [2.05, 4.69) is 96.6 Å². The van der Waals surface area contributed by atoms with Crippen LogP contribution in [-0.4, -0.2) is 29.6 Å². The molecule has 0 amide bonds. The minimum atomic E-state index is -0.255. The zero-order valence-electron chi connectivity index (χ0n) is 22.4. The number of aromatic nitrogens is 2. The molecule has 0 bridgehead atoms. The first kappa shape index (κ1) is 24.5. The number of nitrogens with zero attached hydrogens (tertiary/aromatic N) is 2. The van der Waals surface area contributed by atoms with Gasteiger partial charge in [0, 0.05) is 11.1 Å². The van der Waals surface area contributed by atoms with Gasteiger partial charge in [0.2, 0.25) is 11.5 Å². The highest BCUT2D eigenvalue weighted by atomic mass is 32.1. The number of methoxy groups -OCH3 is 1. The Bertz CT molecular complexity index is 1680. The Kier molecular flexibility index (Phi) is 5.91. The average Bonchev–Trinajstić information content (AvgIpc) is 3.32. The lowest BCUT2D eigenvalue weighted by Gasteiger charge is -2.21. The Balaban J connectivity index is 1.75. The zero-order chi connectivity index (χ0) is 26.6. The van der Waals surface area contributed by atoms with E-state index in [-0.39, 0.29) is 24.0 Å². The lowest BCUT2D eigenvalue weighted by Crippen LogP contribution is -2.43. The molecular formula is C31H32N3O3S+. The molecule has 194 valence electrons. The fraction of sp³-hybridized carbons (Fsp3) is 0.290. The molecule has 7 heteroatoms. The summed E-state index contributed by atoms with van der Waals surface area (Å²) in [4.78, 5) is 14.9. The molecule has 1 aliphatic heterocycles. The SMILES string of the molecule is COC(=O)CC1COc2cc3ccccc3cc2-c2c(NC(C)(C)C)n3c(-c4ccccc4)c(C)sc3[n+]21. The molecule has 1 unspecified atom stereocenters. The van der Waals surface area contributed by atoms with Crippen molar-refractivity contribution in [2.75, 3.05) is 19.0 Å². The average molecular weight is 527 g/mol. The highest BCUT2D eigenvalue weighted by molar-refractivity contribution is 7.17. The van der Waals surface area contributed by atoms with E-state index in [1.165, 1.54) is 12.0 Å². The third-order valence-electron chi connectivity index (χ3n) is 6.96. The summed E-state index contributed by atoms with van der Waals surface area (Å²) in [6, 6.07) is 22.9. The number of esters is 1. The van der Waals surface area contributed by atoms with Crippen molar-refractivity contribution < 1.29 is 18.8 Å². The van der Waals surface area contributed by atoms with E-state index < -0.39 is 0 Å². The van der Waals surface area contributed by atoms with Crippen molar-refractivity contribution >= 4 is 38.9 Å². The number of carbonyl (C=O) groups excluding carboxylic acids is 1. The smallest absolute Gasteiger partial charge is 0.349 e. The monoisotopic (exact) mass is 526 g/mol. The van der Waals surface area contributed by atoms with Gasteiger partial charge in [-0.15, -0.1) is 0 Å². The van der Waals surface area contributed by atoms with E-state index in [1.54, 1.807) is 11.3 Å². The highest BCUT2D eigenvalue weighted by Gasteiger charge is 2.41. The van der Waals surface area contributed by atoms with Gasteiger partial charge in [-0.2, -0.15) is 4.40 Å². The van der Waals surface area contributed by atoms with Gasteiger partial charge in [0.15, 0.2) is 5.69 Å². The summed E-state index contributed by atoms with van der Waals surface area (Å²) < 4.78 is 16.2. The molecule has 5 aromatic rings. The number of nitrogens with one attached hydrogen (secondary N) is 1. The van der Waals surface area contributed by atoms with Gasteiger partial charge < -0.3 is 14.8 Å². The van der Waals surface area contributed by atoms with Crippen LogP contribution in [0.5, 0.6) is 5.75 Å². The van der Waals surface area contributed by atoms with E-state index in [1.807, 2.05) is 12.1 Å². The summed E-state index contributed by atoms with van der Waals surface area (Å²) in [5.74, 6) is 1.56. The normalized spacial score (nSPS) is 15.0. The number of fused-ring (bicyclic) bond motifs is 6. The maximum Gasteiger partial charge on any atom is 0.349 e. The molecule has 1 aliphatic rings. The molecule has 2 aromatic heterocycles. The van der Waals surface area contributed by atoms with Crippen molar-refractivity contribution in [3.8, 4) is 28.3 Å². The van der Waals surface area contributed by atoms with Crippen LogP contribution in [0.4, 0.5) is 5.82 Å². The van der Waals surface area contributed by atoms with Crippen LogP contribution < -0.4 is 14.6 Å². The number of benzene rings is 3. The zero-order valence-corrected chi connectivity index (χ0v) is 23.2. The fourth-order valence-corrected chi connectivity index (χ4v) is 6.56. The van der Waals surface area contributed by atoms with Crippen molar-refractivity contribution in [2.24, 2.45) is 0 Å². The van der Waals surface area contributed by atoms with Crippen LogP contribution in [0.1, 0.15) is 38.1 Å². The Morgan fingerprint density at radius 1 is 1.11 bits per heavy atom. The number of imidazole rings is 1. The first-order valence-corrected chi connectivity index (χ1v) is 13.7. The first-order valence-electron chi connectivity index (χ1n) is 12.9. The molecule has 0 saturated carbocycles.